The summed E-state index contributed by atoms with van der Waals surface area (Å²) in [4.78, 5) is 3.46. The summed E-state index contributed by atoms with van der Waals surface area (Å²) in [6, 6.07) is 16.5. The molecule has 0 amide bonds. The molecule has 0 aliphatic carbocycles. The Morgan fingerprint density at radius 1 is 0.871 bits per heavy atom. The molecule has 4 heteroatoms. The highest BCUT2D eigenvalue weighted by Crippen LogP contribution is 2.30. The van der Waals surface area contributed by atoms with Gasteiger partial charge in [-0.1, -0.05) is 50.3 Å². The molecule has 0 saturated heterocycles. The molecule has 1 nitrogen and oxygen atoms in total. The van der Waals surface area contributed by atoms with Crippen molar-refractivity contribution in [1.29, 1.82) is 0 Å². The fourth-order valence-corrected chi connectivity index (χ4v) is 3.44. The van der Waals surface area contributed by atoms with Gasteiger partial charge in [-0.05, 0) is 90.1 Å². The van der Waals surface area contributed by atoms with Gasteiger partial charge in [0.15, 0.2) is 11.6 Å². The summed E-state index contributed by atoms with van der Waals surface area (Å²) in [6.07, 6.45) is 4.22. The summed E-state index contributed by atoms with van der Waals surface area (Å²) < 4.78 is 28.4. The van der Waals surface area contributed by atoms with Crippen LogP contribution in [-0.4, -0.2) is 5.16 Å². The molecule has 0 unspecified atom stereocenters. The van der Waals surface area contributed by atoms with Gasteiger partial charge in [-0.3, -0.25) is 0 Å². The Hall–Kier alpha value is -3.12. The molecule has 0 aliphatic rings. The van der Waals surface area contributed by atoms with Gasteiger partial charge >= 0.3 is 0 Å². The molecular weight excluding hydrogens is 408 g/mol. The quantitative estimate of drug-likeness (QED) is 0.222. The van der Waals surface area contributed by atoms with Gasteiger partial charge in [0.25, 0.3) is 0 Å². The standard InChI is InChI=1S/C27H23F2NS/c1-3-5-6-19-7-9-20(10-8-19)11-12-22-13-14-23(15-21(22)4-2)24-16-25(28)27(30-18-31)26(29)17-24/h7-10,13-17H,3-6H2,1-2H3. The average molecular weight is 432 g/mol. The topological polar surface area (TPSA) is 12.4 Å². The van der Waals surface area contributed by atoms with Crippen molar-refractivity contribution in [3.8, 4) is 23.0 Å². The summed E-state index contributed by atoms with van der Waals surface area (Å²) >= 11 is 4.45. The van der Waals surface area contributed by atoms with Crippen LogP contribution in [0.2, 0.25) is 0 Å². The van der Waals surface area contributed by atoms with Crippen LogP contribution < -0.4 is 0 Å². The number of aliphatic imine (C=N–C) groups is 1. The lowest BCUT2D eigenvalue weighted by atomic mass is 9.97. The van der Waals surface area contributed by atoms with Crippen molar-refractivity contribution < 1.29 is 8.78 Å². The van der Waals surface area contributed by atoms with Gasteiger partial charge in [0, 0.05) is 11.1 Å². The Bertz CT molecular complexity index is 1160. The minimum absolute atomic E-state index is 0.419. The summed E-state index contributed by atoms with van der Waals surface area (Å²) in [5.74, 6) is 4.92. The van der Waals surface area contributed by atoms with Gasteiger partial charge < -0.3 is 0 Å². The largest absolute Gasteiger partial charge is 0.204 e. The minimum Gasteiger partial charge on any atom is -0.204 e. The van der Waals surface area contributed by atoms with E-state index in [4.69, 9.17) is 0 Å². The van der Waals surface area contributed by atoms with Crippen LogP contribution in [0.25, 0.3) is 11.1 Å². The highest BCUT2D eigenvalue weighted by Gasteiger charge is 2.12. The molecule has 0 fully saturated rings. The van der Waals surface area contributed by atoms with Crippen LogP contribution in [0.1, 0.15) is 48.9 Å². The molecule has 156 valence electrons. The maximum absolute atomic E-state index is 14.2. The Kier molecular flexibility index (Phi) is 7.84. The van der Waals surface area contributed by atoms with Gasteiger partial charge in [-0.15, -0.1) is 0 Å². The number of hydrogen-bond acceptors (Lipinski definition) is 2. The molecule has 0 heterocycles. The number of benzene rings is 3. The predicted octanol–water partition coefficient (Wildman–Crippen LogP) is 7.67. The molecule has 0 aliphatic heterocycles. The van der Waals surface area contributed by atoms with Gasteiger partial charge in [-0.25, -0.2) is 8.78 Å². The molecule has 0 N–H and O–H groups in total. The van der Waals surface area contributed by atoms with Crippen molar-refractivity contribution in [2.24, 2.45) is 4.99 Å². The second-order valence-corrected chi connectivity index (χ2v) is 7.45. The maximum Gasteiger partial charge on any atom is 0.153 e. The van der Waals surface area contributed by atoms with E-state index in [1.807, 2.05) is 42.4 Å². The van der Waals surface area contributed by atoms with Crippen molar-refractivity contribution in [3.05, 3.63) is 88.5 Å². The first kappa shape index (κ1) is 22.6. The molecule has 0 atom stereocenters. The van der Waals surface area contributed by atoms with Crippen LogP contribution in [0.3, 0.4) is 0 Å². The summed E-state index contributed by atoms with van der Waals surface area (Å²) in [6.45, 7) is 4.22. The molecule has 0 saturated carbocycles. The first-order chi connectivity index (χ1) is 15.0. The first-order valence-corrected chi connectivity index (χ1v) is 10.8. The Morgan fingerprint density at radius 2 is 1.58 bits per heavy atom. The highest BCUT2D eigenvalue weighted by molar-refractivity contribution is 7.78. The van der Waals surface area contributed by atoms with E-state index >= 15 is 0 Å². The molecule has 3 aromatic carbocycles. The third kappa shape index (κ3) is 5.73. The molecule has 31 heavy (non-hydrogen) atoms. The number of thiocarbonyl (C=S) groups is 1. The zero-order valence-electron chi connectivity index (χ0n) is 17.6. The van der Waals surface area contributed by atoms with E-state index in [1.54, 1.807) is 0 Å². The summed E-state index contributed by atoms with van der Waals surface area (Å²) in [5, 5.41) is 2.00. The third-order valence-electron chi connectivity index (χ3n) is 5.11. The molecule has 0 bridgehead atoms. The first-order valence-electron chi connectivity index (χ1n) is 10.4. The second-order valence-electron chi connectivity index (χ2n) is 7.27. The molecule has 3 rings (SSSR count). The molecule has 0 radical (unpaired) electrons. The molecule has 0 spiro atoms. The van der Waals surface area contributed by atoms with E-state index < -0.39 is 17.3 Å². The number of hydrogen-bond donors (Lipinski definition) is 0. The van der Waals surface area contributed by atoms with Gasteiger partial charge in [-0.2, -0.15) is 4.99 Å². The van der Waals surface area contributed by atoms with E-state index in [9.17, 15) is 8.78 Å². The SMILES string of the molecule is CCCCc1ccc(C#Cc2ccc(-c3cc(F)c(N=C=S)c(F)c3)cc2CC)cc1. The fourth-order valence-electron chi connectivity index (χ4n) is 3.35. The van der Waals surface area contributed by atoms with Crippen molar-refractivity contribution >= 4 is 23.1 Å². The van der Waals surface area contributed by atoms with Crippen molar-refractivity contribution in [2.45, 2.75) is 39.5 Å². The zero-order valence-corrected chi connectivity index (χ0v) is 18.5. The van der Waals surface area contributed by atoms with Crippen LogP contribution in [0.15, 0.2) is 59.6 Å². The van der Waals surface area contributed by atoms with Crippen molar-refractivity contribution in [3.63, 3.8) is 0 Å². The van der Waals surface area contributed by atoms with Crippen LogP contribution in [-0.2, 0) is 12.8 Å². The maximum atomic E-state index is 14.2. The molecular formula is C27H23F2NS. The lowest BCUT2D eigenvalue weighted by Crippen LogP contribution is -1.92. The van der Waals surface area contributed by atoms with E-state index in [2.05, 4.69) is 48.1 Å². The predicted molar refractivity (Wildman–Crippen MR) is 127 cm³/mol. The smallest absolute Gasteiger partial charge is 0.153 e. The van der Waals surface area contributed by atoms with Crippen LogP contribution in [0, 0.1) is 23.5 Å². The van der Waals surface area contributed by atoms with E-state index in [-0.39, 0.29) is 0 Å². The van der Waals surface area contributed by atoms with E-state index in [0.717, 1.165) is 35.1 Å². The van der Waals surface area contributed by atoms with Crippen molar-refractivity contribution in [1.82, 2.24) is 0 Å². The van der Waals surface area contributed by atoms with Gasteiger partial charge in [0.05, 0.1) is 5.16 Å². The van der Waals surface area contributed by atoms with Gasteiger partial charge in [0.1, 0.15) is 5.69 Å². The number of halogens is 2. The molecule has 0 aromatic heterocycles. The normalized spacial score (nSPS) is 10.2. The number of isothiocyanates is 1. The Morgan fingerprint density at radius 3 is 2.19 bits per heavy atom. The lowest BCUT2D eigenvalue weighted by Gasteiger charge is -2.08. The highest BCUT2D eigenvalue weighted by atomic mass is 32.1. The minimum atomic E-state index is -0.767. The Labute approximate surface area is 187 Å². The van der Waals surface area contributed by atoms with E-state index in [0.29, 0.717) is 5.56 Å². The number of nitrogens with zero attached hydrogens (tertiary/aromatic N) is 1. The third-order valence-corrected chi connectivity index (χ3v) is 5.20. The number of unbranched alkanes of at least 4 members (excludes halogenated alkanes) is 1. The average Bonchev–Trinajstić information content (AvgIpc) is 2.79. The Balaban J connectivity index is 1.88. The fraction of sp³-hybridized carbons (Fsp3) is 0.222. The summed E-state index contributed by atoms with van der Waals surface area (Å²) in [7, 11) is 0. The number of aryl methyl sites for hydroxylation is 2. The monoisotopic (exact) mass is 431 g/mol. The molecule has 3 aromatic rings. The summed E-state index contributed by atoms with van der Waals surface area (Å²) in [5.41, 5.74) is 4.96. The second kappa shape index (κ2) is 10.8. The van der Waals surface area contributed by atoms with Crippen molar-refractivity contribution in [2.75, 3.05) is 0 Å². The van der Waals surface area contributed by atoms with Gasteiger partial charge in [0.2, 0.25) is 0 Å². The zero-order chi connectivity index (χ0) is 22.2. The van der Waals surface area contributed by atoms with E-state index in [1.165, 1.54) is 30.5 Å². The van der Waals surface area contributed by atoms with Crippen LogP contribution >= 0.6 is 12.2 Å². The van der Waals surface area contributed by atoms with Crippen LogP contribution in [0.5, 0.6) is 0 Å². The van der Waals surface area contributed by atoms with Crippen LogP contribution in [0.4, 0.5) is 14.5 Å². The lowest BCUT2D eigenvalue weighted by molar-refractivity contribution is 0.588. The number of rotatable bonds is 6.